The molecule has 0 aromatic heterocycles. The zero-order valence-corrected chi connectivity index (χ0v) is 10.5. The average molecular weight is 214 g/mol. The molecule has 0 spiro atoms. The number of nitrogens with one attached hydrogen (secondary N) is 1. The lowest BCUT2D eigenvalue weighted by molar-refractivity contribution is 0.105. The first-order valence-electron chi connectivity index (χ1n) is 6.12. The molecule has 1 N–H and O–H groups in total. The van der Waals surface area contributed by atoms with Gasteiger partial charge >= 0.3 is 0 Å². The van der Waals surface area contributed by atoms with Crippen LogP contribution in [0.4, 0.5) is 0 Å². The van der Waals surface area contributed by atoms with Crippen molar-refractivity contribution in [3.05, 3.63) is 0 Å². The number of ether oxygens (including phenoxy) is 1. The molecule has 1 saturated heterocycles. The summed E-state index contributed by atoms with van der Waals surface area (Å²) < 4.78 is 5.18. The summed E-state index contributed by atoms with van der Waals surface area (Å²) in [7, 11) is 3.84. The second-order valence-corrected chi connectivity index (χ2v) is 4.89. The minimum absolute atomic E-state index is 0.656. The maximum Gasteiger partial charge on any atom is 0.0500 e. The molecule has 90 valence electrons. The first kappa shape index (κ1) is 12.9. The van der Waals surface area contributed by atoms with E-state index in [0.29, 0.717) is 5.92 Å². The molecule has 1 heterocycles. The van der Waals surface area contributed by atoms with Crippen molar-refractivity contribution in [2.75, 3.05) is 46.9 Å². The molecule has 0 aliphatic carbocycles. The zero-order valence-electron chi connectivity index (χ0n) is 10.5. The van der Waals surface area contributed by atoms with Crippen LogP contribution in [-0.4, -0.2) is 51.8 Å². The van der Waals surface area contributed by atoms with Gasteiger partial charge in [0, 0.05) is 26.8 Å². The summed E-state index contributed by atoms with van der Waals surface area (Å²) in [6.07, 6.45) is 2.74. The number of rotatable bonds is 6. The first-order valence-corrected chi connectivity index (χ1v) is 6.12. The molecule has 1 rings (SSSR count). The summed E-state index contributed by atoms with van der Waals surface area (Å²) >= 11 is 0. The minimum atomic E-state index is 0.656. The molecule has 0 aromatic rings. The molecule has 0 amide bonds. The van der Waals surface area contributed by atoms with Crippen molar-refractivity contribution in [2.24, 2.45) is 11.8 Å². The summed E-state index contributed by atoms with van der Waals surface area (Å²) in [5, 5.41) is 3.29. The van der Waals surface area contributed by atoms with Gasteiger partial charge < -0.3 is 15.0 Å². The van der Waals surface area contributed by atoms with Crippen molar-refractivity contribution in [3.8, 4) is 0 Å². The third kappa shape index (κ3) is 4.96. The Morgan fingerprint density at radius 1 is 1.53 bits per heavy atom. The number of piperidine rings is 1. The van der Waals surface area contributed by atoms with Gasteiger partial charge in [-0.1, -0.05) is 6.92 Å². The van der Waals surface area contributed by atoms with Gasteiger partial charge in [0.15, 0.2) is 0 Å². The monoisotopic (exact) mass is 214 g/mol. The fourth-order valence-corrected chi connectivity index (χ4v) is 2.55. The van der Waals surface area contributed by atoms with Gasteiger partial charge in [0.25, 0.3) is 0 Å². The topological polar surface area (TPSA) is 24.5 Å². The number of hydrogen-bond acceptors (Lipinski definition) is 3. The van der Waals surface area contributed by atoms with Gasteiger partial charge in [-0.05, 0) is 44.8 Å². The second kappa shape index (κ2) is 7.20. The third-order valence-electron chi connectivity index (χ3n) is 3.12. The molecular formula is C12H26N2O. The van der Waals surface area contributed by atoms with Crippen LogP contribution in [0.5, 0.6) is 0 Å². The predicted molar refractivity (Wildman–Crippen MR) is 64.1 cm³/mol. The van der Waals surface area contributed by atoms with Crippen molar-refractivity contribution in [3.63, 3.8) is 0 Å². The van der Waals surface area contributed by atoms with Crippen molar-refractivity contribution in [1.29, 1.82) is 0 Å². The highest BCUT2D eigenvalue weighted by Gasteiger charge is 2.20. The van der Waals surface area contributed by atoms with Gasteiger partial charge in [0.2, 0.25) is 0 Å². The number of likely N-dealkylation sites (tertiary alicyclic amines) is 1. The number of methoxy groups -OCH3 is 1. The molecule has 0 bridgehead atoms. The molecule has 15 heavy (non-hydrogen) atoms. The molecule has 3 nitrogen and oxygen atoms in total. The summed E-state index contributed by atoms with van der Waals surface area (Å²) in [6, 6.07) is 0. The normalized spacial score (nSPS) is 25.4. The number of nitrogens with zero attached hydrogens (tertiary/aromatic N) is 1. The van der Waals surface area contributed by atoms with E-state index in [4.69, 9.17) is 4.74 Å². The lowest BCUT2D eigenvalue weighted by atomic mass is 9.97. The van der Waals surface area contributed by atoms with E-state index >= 15 is 0 Å². The van der Waals surface area contributed by atoms with Crippen LogP contribution in [0.25, 0.3) is 0 Å². The lowest BCUT2D eigenvalue weighted by Gasteiger charge is -2.34. The highest BCUT2D eigenvalue weighted by Crippen LogP contribution is 2.16. The molecule has 1 aliphatic rings. The van der Waals surface area contributed by atoms with E-state index in [1.807, 2.05) is 7.05 Å². The Morgan fingerprint density at radius 3 is 3.00 bits per heavy atom. The average Bonchev–Trinajstić information content (AvgIpc) is 2.19. The Hall–Kier alpha value is -0.120. The Balaban J connectivity index is 2.23. The van der Waals surface area contributed by atoms with Gasteiger partial charge in [-0.25, -0.2) is 0 Å². The molecule has 1 aliphatic heterocycles. The van der Waals surface area contributed by atoms with Crippen molar-refractivity contribution >= 4 is 0 Å². The summed E-state index contributed by atoms with van der Waals surface area (Å²) in [5.41, 5.74) is 0. The molecule has 2 unspecified atom stereocenters. The largest absolute Gasteiger partial charge is 0.384 e. The van der Waals surface area contributed by atoms with Gasteiger partial charge in [-0.2, -0.15) is 0 Å². The van der Waals surface area contributed by atoms with Crippen LogP contribution in [0, 0.1) is 11.8 Å². The maximum atomic E-state index is 5.18. The quantitative estimate of drug-likeness (QED) is 0.719. The van der Waals surface area contributed by atoms with E-state index < -0.39 is 0 Å². The Labute approximate surface area is 94.2 Å². The van der Waals surface area contributed by atoms with Crippen LogP contribution >= 0.6 is 0 Å². The van der Waals surface area contributed by atoms with Crippen molar-refractivity contribution < 1.29 is 4.74 Å². The zero-order chi connectivity index (χ0) is 11.1. The van der Waals surface area contributed by atoms with Crippen LogP contribution in [0.1, 0.15) is 19.8 Å². The van der Waals surface area contributed by atoms with Crippen molar-refractivity contribution in [1.82, 2.24) is 10.2 Å². The summed E-state index contributed by atoms with van der Waals surface area (Å²) in [6.45, 7) is 8.03. The molecule has 0 radical (unpaired) electrons. The predicted octanol–water partition coefficient (Wildman–Crippen LogP) is 1.20. The van der Waals surface area contributed by atoms with Gasteiger partial charge in [-0.3, -0.25) is 0 Å². The highest BCUT2D eigenvalue weighted by atomic mass is 16.5. The highest BCUT2D eigenvalue weighted by molar-refractivity contribution is 4.75. The molecule has 1 fully saturated rings. The minimum Gasteiger partial charge on any atom is -0.384 e. The summed E-state index contributed by atoms with van der Waals surface area (Å²) in [4.78, 5) is 2.59. The Morgan fingerprint density at radius 2 is 2.33 bits per heavy atom. The fourth-order valence-electron chi connectivity index (χ4n) is 2.55. The van der Waals surface area contributed by atoms with E-state index in [0.717, 1.165) is 19.1 Å². The smallest absolute Gasteiger partial charge is 0.0500 e. The van der Waals surface area contributed by atoms with Crippen molar-refractivity contribution in [2.45, 2.75) is 19.8 Å². The van der Waals surface area contributed by atoms with Gasteiger partial charge in [0.1, 0.15) is 0 Å². The van der Waals surface area contributed by atoms with E-state index in [2.05, 4.69) is 17.1 Å². The van der Waals surface area contributed by atoms with E-state index in [1.54, 1.807) is 7.11 Å². The SMILES string of the molecule is CNCC1CCCN(CC(C)COC)C1. The van der Waals surface area contributed by atoms with E-state index in [1.165, 1.54) is 32.5 Å². The van der Waals surface area contributed by atoms with Gasteiger partial charge in [0.05, 0.1) is 0 Å². The Bertz CT molecular complexity index is 160. The molecular weight excluding hydrogens is 188 g/mol. The fraction of sp³-hybridized carbons (Fsp3) is 1.00. The van der Waals surface area contributed by atoms with Gasteiger partial charge in [-0.15, -0.1) is 0 Å². The van der Waals surface area contributed by atoms with Crippen LogP contribution < -0.4 is 5.32 Å². The Kier molecular flexibility index (Phi) is 6.22. The lowest BCUT2D eigenvalue weighted by Crippen LogP contribution is -2.41. The molecule has 3 heteroatoms. The molecule has 2 atom stereocenters. The van der Waals surface area contributed by atoms with Crippen LogP contribution in [0.3, 0.4) is 0 Å². The first-order chi connectivity index (χ1) is 7.26. The molecule has 0 saturated carbocycles. The third-order valence-corrected chi connectivity index (χ3v) is 3.12. The number of hydrogen-bond donors (Lipinski definition) is 1. The second-order valence-electron chi connectivity index (χ2n) is 4.89. The van der Waals surface area contributed by atoms with E-state index in [-0.39, 0.29) is 0 Å². The van der Waals surface area contributed by atoms with Crippen LogP contribution in [0.15, 0.2) is 0 Å². The van der Waals surface area contributed by atoms with E-state index in [9.17, 15) is 0 Å². The van der Waals surface area contributed by atoms with Crippen LogP contribution in [-0.2, 0) is 4.74 Å². The summed E-state index contributed by atoms with van der Waals surface area (Å²) in [5.74, 6) is 1.50. The molecule has 0 aromatic carbocycles. The van der Waals surface area contributed by atoms with Crippen LogP contribution in [0.2, 0.25) is 0 Å². The maximum absolute atomic E-state index is 5.18. The standard InChI is InChI=1S/C12H26N2O/c1-11(10-15-3)8-14-6-4-5-12(9-14)7-13-2/h11-13H,4-10H2,1-3H3.